The number of fused-ring (bicyclic) bond motifs is 2. The molecule has 1 aliphatic carbocycles. The Morgan fingerprint density at radius 3 is 2.41 bits per heavy atom. The van der Waals surface area contributed by atoms with Crippen LogP contribution in [0.2, 0.25) is 0 Å². The number of rotatable bonds is 5. The van der Waals surface area contributed by atoms with Gasteiger partial charge in [0.25, 0.3) is 0 Å². The average Bonchev–Trinajstić information content (AvgIpc) is 2.36. The van der Waals surface area contributed by atoms with Gasteiger partial charge in [0.1, 0.15) is 0 Å². The van der Waals surface area contributed by atoms with Crippen LogP contribution in [0.3, 0.4) is 0 Å². The van der Waals surface area contributed by atoms with Gasteiger partial charge in [0, 0.05) is 18.4 Å². The van der Waals surface area contributed by atoms with Crippen molar-refractivity contribution in [2.75, 3.05) is 26.3 Å². The fourth-order valence-electron chi connectivity index (χ4n) is 2.75. The summed E-state index contributed by atoms with van der Waals surface area (Å²) in [5.74, 6) is 0.145. The second-order valence-corrected chi connectivity index (χ2v) is 4.79. The summed E-state index contributed by atoms with van der Waals surface area (Å²) in [7, 11) is 0. The van der Waals surface area contributed by atoms with Crippen molar-refractivity contribution in [1.29, 1.82) is 0 Å². The maximum absolute atomic E-state index is 12.0. The van der Waals surface area contributed by atoms with Crippen molar-refractivity contribution in [3.8, 4) is 0 Å². The minimum atomic E-state index is 0.00213. The first-order chi connectivity index (χ1) is 8.24. The Hall–Kier alpha value is -0.940. The summed E-state index contributed by atoms with van der Waals surface area (Å²) in [4.78, 5) is 25.5. The molecule has 1 saturated heterocycles. The molecule has 0 aromatic carbocycles. The first-order valence-electron chi connectivity index (χ1n) is 6.37. The summed E-state index contributed by atoms with van der Waals surface area (Å²) >= 11 is 0. The zero-order chi connectivity index (χ0) is 12.3. The maximum Gasteiger partial charge on any atom is 0.232 e. The fraction of sp³-hybridized carbons (Fsp3) is 0.833. The molecule has 2 atom stereocenters. The van der Waals surface area contributed by atoms with Crippen LogP contribution in [-0.2, 0) is 14.3 Å². The van der Waals surface area contributed by atoms with Gasteiger partial charge >= 0.3 is 0 Å². The highest BCUT2D eigenvalue weighted by Gasteiger charge is 2.42. The third-order valence-electron chi connectivity index (χ3n) is 3.63. The molecule has 2 fully saturated rings. The second-order valence-electron chi connectivity index (χ2n) is 4.79. The topological polar surface area (TPSA) is 72.6 Å². The Labute approximate surface area is 101 Å². The van der Waals surface area contributed by atoms with Gasteiger partial charge < -0.3 is 10.5 Å². The molecule has 2 N–H and O–H groups in total. The predicted octanol–water partition coefficient (Wildman–Crippen LogP) is 0.137. The molecule has 0 radical (unpaired) electrons. The maximum atomic E-state index is 12.0. The minimum absolute atomic E-state index is 0.00213. The van der Waals surface area contributed by atoms with Gasteiger partial charge in [-0.25, -0.2) is 0 Å². The van der Waals surface area contributed by atoms with Gasteiger partial charge in [0.05, 0.1) is 19.8 Å². The van der Waals surface area contributed by atoms with Gasteiger partial charge in [0.2, 0.25) is 11.8 Å². The monoisotopic (exact) mass is 240 g/mol. The van der Waals surface area contributed by atoms with Crippen molar-refractivity contribution in [3.05, 3.63) is 0 Å². The summed E-state index contributed by atoms with van der Waals surface area (Å²) in [6, 6.07) is 0. The number of imide groups is 1. The Morgan fingerprint density at radius 2 is 1.82 bits per heavy atom. The van der Waals surface area contributed by atoms with E-state index in [1.807, 2.05) is 0 Å². The first-order valence-corrected chi connectivity index (χ1v) is 6.37. The van der Waals surface area contributed by atoms with Crippen molar-refractivity contribution in [1.82, 2.24) is 4.90 Å². The molecule has 1 aliphatic heterocycles. The van der Waals surface area contributed by atoms with E-state index >= 15 is 0 Å². The number of ether oxygens (including phenoxy) is 1. The molecular formula is C12H20N2O3. The molecule has 2 rings (SSSR count). The third kappa shape index (κ3) is 2.66. The molecule has 2 unspecified atom stereocenters. The van der Waals surface area contributed by atoms with Gasteiger partial charge in [0.15, 0.2) is 0 Å². The largest absolute Gasteiger partial charge is 0.378 e. The lowest BCUT2D eigenvalue weighted by Crippen LogP contribution is -2.52. The zero-order valence-corrected chi connectivity index (χ0v) is 10.1. The van der Waals surface area contributed by atoms with E-state index in [0.29, 0.717) is 26.3 Å². The molecule has 17 heavy (non-hydrogen) atoms. The number of amides is 2. The predicted molar refractivity (Wildman–Crippen MR) is 62.0 cm³/mol. The standard InChI is InChI=1S/C12H20N2O3/c13-4-6-17-7-5-14-11(15)9-2-1-3-10(8-9)12(14)16/h9-10H,1-8,13H2. The van der Waals surface area contributed by atoms with Crippen molar-refractivity contribution in [3.63, 3.8) is 0 Å². The van der Waals surface area contributed by atoms with Crippen LogP contribution in [0.1, 0.15) is 25.7 Å². The molecule has 5 heteroatoms. The SMILES string of the molecule is NCCOCCN1C(=O)C2CCCC(C2)C1=O. The first kappa shape index (κ1) is 12.5. The molecular weight excluding hydrogens is 220 g/mol. The number of piperidine rings is 1. The molecule has 1 heterocycles. The summed E-state index contributed by atoms with van der Waals surface area (Å²) in [6.07, 6.45) is 3.63. The number of likely N-dealkylation sites (tertiary alicyclic amines) is 1. The van der Waals surface area contributed by atoms with Crippen molar-refractivity contribution >= 4 is 11.8 Å². The summed E-state index contributed by atoms with van der Waals surface area (Å²) in [6.45, 7) is 1.72. The molecule has 5 nitrogen and oxygen atoms in total. The van der Waals surface area contributed by atoms with Crippen LogP contribution >= 0.6 is 0 Å². The quantitative estimate of drug-likeness (QED) is 0.548. The molecule has 96 valence electrons. The number of nitrogens with zero attached hydrogens (tertiary/aromatic N) is 1. The van der Waals surface area contributed by atoms with E-state index < -0.39 is 0 Å². The lowest BCUT2D eigenvalue weighted by molar-refractivity contribution is -0.158. The van der Waals surface area contributed by atoms with Crippen LogP contribution < -0.4 is 5.73 Å². The number of hydrogen-bond donors (Lipinski definition) is 1. The highest BCUT2D eigenvalue weighted by atomic mass is 16.5. The highest BCUT2D eigenvalue weighted by molar-refractivity contribution is 6.00. The van der Waals surface area contributed by atoms with Crippen molar-refractivity contribution in [2.24, 2.45) is 17.6 Å². The van der Waals surface area contributed by atoms with Crippen LogP contribution in [0.4, 0.5) is 0 Å². The molecule has 0 aromatic heterocycles. The van der Waals surface area contributed by atoms with E-state index in [1.54, 1.807) is 0 Å². The number of carbonyl (C=O) groups excluding carboxylic acids is 2. The van der Waals surface area contributed by atoms with E-state index in [1.165, 1.54) is 4.90 Å². The summed E-state index contributed by atoms with van der Waals surface area (Å²) in [5, 5.41) is 0. The van der Waals surface area contributed by atoms with E-state index in [2.05, 4.69) is 0 Å². The van der Waals surface area contributed by atoms with Gasteiger partial charge in [-0.2, -0.15) is 0 Å². The molecule has 1 saturated carbocycles. The zero-order valence-electron chi connectivity index (χ0n) is 10.1. The third-order valence-corrected chi connectivity index (χ3v) is 3.63. The lowest BCUT2D eigenvalue weighted by atomic mass is 9.77. The van der Waals surface area contributed by atoms with E-state index in [9.17, 15) is 9.59 Å². The number of hydrogen-bond acceptors (Lipinski definition) is 4. The Balaban J connectivity index is 1.90. The Bertz CT molecular complexity index is 284. The van der Waals surface area contributed by atoms with E-state index in [0.717, 1.165) is 25.7 Å². The second kappa shape index (κ2) is 5.60. The number of nitrogens with two attached hydrogens (primary N) is 1. The van der Waals surface area contributed by atoms with E-state index in [-0.39, 0.29) is 23.7 Å². The average molecular weight is 240 g/mol. The number of carbonyl (C=O) groups is 2. The van der Waals surface area contributed by atoms with Crippen molar-refractivity contribution in [2.45, 2.75) is 25.7 Å². The lowest BCUT2D eigenvalue weighted by Gasteiger charge is -2.38. The van der Waals surface area contributed by atoms with Crippen LogP contribution in [0.25, 0.3) is 0 Å². The fourth-order valence-corrected chi connectivity index (χ4v) is 2.75. The molecule has 0 spiro atoms. The van der Waals surface area contributed by atoms with Crippen molar-refractivity contribution < 1.29 is 14.3 Å². The van der Waals surface area contributed by atoms with Gasteiger partial charge in [-0.1, -0.05) is 6.42 Å². The normalized spacial score (nSPS) is 28.6. The van der Waals surface area contributed by atoms with Gasteiger partial charge in [-0.05, 0) is 19.3 Å². The summed E-state index contributed by atoms with van der Waals surface area (Å²) in [5.41, 5.74) is 5.30. The highest BCUT2D eigenvalue weighted by Crippen LogP contribution is 2.35. The molecule has 0 aromatic rings. The Morgan fingerprint density at radius 1 is 1.18 bits per heavy atom. The Kier molecular flexibility index (Phi) is 4.12. The molecule has 2 amide bonds. The molecule has 2 bridgehead atoms. The smallest absolute Gasteiger partial charge is 0.232 e. The summed E-state index contributed by atoms with van der Waals surface area (Å²) < 4.78 is 5.23. The molecule has 2 aliphatic rings. The van der Waals surface area contributed by atoms with Crippen LogP contribution in [0, 0.1) is 11.8 Å². The van der Waals surface area contributed by atoms with Gasteiger partial charge in [-0.3, -0.25) is 14.5 Å². The van der Waals surface area contributed by atoms with Crippen LogP contribution in [-0.4, -0.2) is 43.0 Å². The van der Waals surface area contributed by atoms with Gasteiger partial charge in [-0.15, -0.1) is 0 Å². The minimum Gasteiger partial charge on any atom is -0.378 e. The van der Waals surface area contributed by atoms with Crippen LogP contribution in [0.15, 0.2) is 0 Å². The van der Waals surface area contributed by atoms with E-state index in [4.69, 9.17) is 10.5 Å². The van der Waals surface area contributed by atoms with Crippen LogP contribution in [0.5, 0.6) is 0 Å².